The third-order valence-corrected chi connectivity index (χ3v) is 6.75. The zero-order valence-corrected chi connectivity index (χ0v) is 22.5. The van der Waals surface area contributed by atoms with Crippen LogP contribution in [-0.4, -0.2) is 57.2 Å². The van der Waals surface area contributed by atoms with Crippen molar-refractivity contribution in [2.24, 2.45) is 7.05 Å². The molecule has 198 valence electrons. The fourth-order valence-corrected chi connectivity index (χ4v) is 4.42. The van der Waals surface area contributed by atoms with Crippen LogP contribution in [0.4, 0.5) is 4.39 Å². The Kier molecular flexibility index (Phi) is 6.13. The molecule has 4 aromatic rings. The third-order valence-electron chi connectivity index (χ3n) is 6.75. The van der Waals surface area contributed by atoms with Gasteiger partial charge in [-0.1, -0.05) is 0 Å². The minimum absolute atomic E-state index is 0.111. The van der Waals surface area contributed by atoms with Crippen molar-refractivity contribution in [1.29, 1.82) is 0 Å². The Morgan fingerprint density at radius 3 is 2.47 bits per heavy atom. The standard InChI is InChI=1S/C28H30FN5O4/c1-28(2,3)33(5)27(35)25-21-15-38-24-14-23(37-7)19(22-8-9-32(4)30-22)13-20(24)26(21)34(31-25)17-10-16(29)11-18(12-17)36-6/h8-14H,15H2,1-7H3. The highest BCUT2D eigenvalue weighted by Crippen LogP contribution is 2.46. The van der Waals surface area contributed by atoms with E-state index < -0.39 is 11.4 Å². The summed E-state index contributed by atoms with van der Waals surface area (Å²) in [6.45, 7) is 5.95. The van der Waals surface area contributed by atoms with Crippen molar-refractivity contribution in [3.63, 3.8) is 0 Å². The number of aromatic nitrogens is 4. The number of rotatable bonds is 5. The van der Waals surface area contributed by atoms with Crippen molar-refractivity contribution in [1.82, 2.24) is 24.5 Å². The predicted octanol–water partition coefficient (Wildman–Crippen LogP) is 4.86. The number of nitrogens with zero attached hydrogens (tertiary/aromatic N) is 5. The van der Waals surface area contributed by atoms with Crippen LogP contribution >= 0.6 is 0 Å². The molecule has 5 rings (SSSR count). The average molecular weight is 520 g/mol. The summed E-state index contributed by atoms with van der Waals surface area (Å²) in [6.07, 6.45) is 1.85. The van der Waals surface area contributed by atoms with E-state index in [-0.39, 0.29) is 18.2 Å². The Bertz CT molecular complexity index is 1550. The molecule has 2 aromatic carbocycles. The Morgan fingerprint density at radius 2 is 1.84 bits per heavy atom. The number of amides is 1. The second kappa shape index (κ2) is 9.20. The molecule has 1 aliphatic rings. The second-order valence-electron chi connectivity index (χ2n) is 10.2. The SMILES string of the molecule is COc1cc(F)cc(-n2nc(C(=O)N(C)C(C)(C)C)c3c2-c2cc(-c4ccn(C)n4)c(OC)cc2OC3)c1. The smallest absolute Gasteiger partial charge is 0.274 e. The van der Waals surface area contributed by atoms with Crippen molar-refractivity contribution >= 4 is 5.91 Å². The molecule has 0 bridgehead atoms. The minimum atomic E-state index is -0.487. The minimum Gasteiger partial charge on any atom is -0.497 e. The summed E-state index contributed by atoms with van der Waals surface area (Å²) >= 11 is 0. The average Bonchev–Trinajstić information content (AvgIpc) is 3.50. The Labute approximate surface area is 220 Å². The highest BCUT2D eigenvalue weighted by molar-refractivity contribution is 5.97. The molecule has 0 saturated heterocycles. The van der Waals surface area contributed by atoms with Gasteiger partial charge >= 0.3 is 0 Å². The summed E-state index contributed by atoms with van der Waals surface area (Å²) < 4.78 is 35.0. The highest BCUT2D eigenvalue weighted by atomic mass is 19.1. The van der Waals surface area contributed by atoms with Gasteiger partial charge in [0.2, 0.25) is 0 Å². The fourth-order valence-electron chi connectivity index (χ4n) is 4.42. The van der Waals surface area contributed by atoms with Crippen LogP contribution in [0.1, 0.15) is 36.8 Å². The number of benzene rings is 2. The van der Waals surface area contributed by atoms with Crippen LogP contribution in [0.2, 0.25) is 0 Å². The number of ether oxygens (including phenoxy) is 3. The van der Waals surface area contributed by atoms with Crippen LogP contribution in [0.5, 0.6) is 17.2 Å². The van der Waals surface area contributed by atoms with Crippen LogP contribution < -0.4 is 14.2 Å². The van der Waals surface area contributed by atoms with Gasteiger partial charge in [-0.3, -0.25) is 9.48 Å². The van der Waals surface area contributed by atoms with Crippen LogP contribution in [0.15, 0.2) is 42.6 Å². The van der Waals surface area contributed by atoms with E-state index >= 15 is 0 Å². The molecule has 0 saturated carbocycles. The van der Waals surface area contributed by atoms with E-state index in [4.69, 9.17) is 19.3 Å². The lowest BCUT2D eigenvalue weighted by Crippen LogP contribution is -2.43. The second-order valence-corrected chi connectivity index (χ2v) is 10.2. The van der Waals surface area contributed by atoms with Gasteiger partial charge in [0, 0.05) is 60.7 Å². The first-order valence-corrected chi connectivity index (χ1v) is 12.1. The van der Waals surface area contributed by atoms with Crippen LogP contribution in [-0.2, 0) is 13.7 Å². The molecule has 0 fully saturated rings. The summed E-state index contributed by atoms with van der Waals surface area (Å²) in [5.41, 5.74) is 3.58. The monoisotopic (exact) mass is 519 g/mol. The molecular formula is C28H30FN5O4. The first-order chi connectivity index (χ1) is 18.0. The van der Waals surface area contributed by atoms with Crippen LogP contribution in [0.25, 0.3) is 28.2 Å². The number of fused-ring (bicyclic) bond motifs is 3. The van der Waals surface area contributed by atoms with Crippen molar-refractivity contribution in [2.45, 2.75) is 32.9 Å². The maximum absolute atomic E-state index is 14.6. The number of carbonyl (C=O) groups is 1. The van der Waals surface area contributed by atoms with Crippen molar-refractivity contribution < 1.29 is 23.4 Å². The molecule has 10 heteroatoms. The molecular weight excluding hydrogens is 489 g/mol. The molecule has 1 amide bonds. The highest BCUT2D eigenvalue weighted by Gasteiger charge is 2.35. The van der Waals surface area contributed by atoms with Gasteiger partial charge in [-0.25, -0.2) is 9.07 Å². The zero-order valence-electron chi connectivity index (χ0n) is 22.5. The molecule has 0 aliphatic carbocycles. The molecule has 2 aromatic heterocycles. The van der Waals surface area contributed by atoms with Crippen LogP contribution in [0.3, 0.4) is 0 Å². The van der Waals surface area contributed by atoms with E-state index in [1.54, 1.807) is 40.6 Å². The number of hydrogen-bond acceptors (Lipinski definition) is 6. The van der Waals surface area contributed by atoms with Crippen molar-refractivity contribution in [2.75, 3.05) is 21.3 Å². The number of carbonyl (C=O) groups excluding carboxylic acids is 1. The van der Waals surface area contributed by atoms with Gasteiger partial charge in [0.15, 0.2) is 5.69 Å². The number of hydrogen-bond donors (Lipinski definition) is 0. The molecule has 1 aliphatic heterocycles. The molecule has 0 atom stereocenters. The summed E-state index contributed by atoms with van der Waals surface area (Å²) in [5.74, 6) is 0.732. The van der Waals surface area contributed by atoms with E-state index in [1.807, 2.05) is 46.1 Å². The lowest BCUT2D eigenvalue weighted by atomic mass is 9.97. The molecule has 0 spiro atoms. The van der Waals surface area contributed by atoms with Gasteiger partial charge in [-0.15, -0.1) is 0 Å². The maximum Gasteiger partial charge on any atom is 0.274 e. The Morgan fingerprint density at radius 1 is 1.08 bits per heavy atom. The predicted molar refractivity (Wildman–Crippen MR) is 140 cm³/mol. The first-order valence-electron chi connectivity index (χ1n) is 12.1. The Balaban J connectivity index is 1.79. The van der Waals surface area contributed by atoms with Crippen molar-refractivity contribution in [3.8, 4) is 45.5 Å². The summed E-state index contributed by atoms with van der Waals surface area (Å²) in [4.78, 5) is 15.3. The van der Waals surface area contributed by atoms with Gasteiger partial charge in [0.25, 0.3) is 5.91 Å². The van der Waals surface area contributed by atoms with E-state index in [1.165, 1.54) is 19.2 Å². The third kappa shape index (κ3) is 4.25. The number of halogens is 1. The molecule has 3 heterocycles. The summed E-state index contributed by atoms with van der Waals surface area (Å²) in [6, 6.07) is 9.92. The molecule has 0 radical (unpaired) electrons. The summed E-state index contributed by atoms with van der Waals surface area (Å²) in [5, 5.41) is 9.27. The number of aryl methyl sites for hydroxylation is 1. The number of methoxy groups -OCH3 is 2. The van der Waals surface area contributed by atoms with Gasteiger partial charge in [-0.2, -0.15) is 10.2 Å². The van der Waals surface area contributed by atoms with E-state index in [9.17, 15) is 9.18 Å². The van der Waals surface area contributed by atoms with E-state index in [2.05, 4.69) is 5.10 Å². The summed E-state index contributed by atoms with van der Waals surface area (Å²) in [7, 11) is 6.63. The van der Waals surface area contributed by atoms with E-state index in [0.717, 1.165) is 5.56 Å². The largest absolute Gasteiger partial charge is 0.497 e. The van der Waals surface area contributed by atoms with E-state index in [0.29, 0.717) is 45.5 Å². The van der Waals surface area contributed by atoms with Gasteiger partial charge in [0.1, 0.15) is 29.7 Å². The quantitative estimate of drug-likeness (QED) is 0.375. The molecule has 0 N–H and O–H groups in total. The fraction of sp³-hybridized carbons (Fsp3) is 0.321. The Hall–Kier alpha value is -4.34. The topological polar surface area (TPSA) is 83.6 Å². The maximum atomic E-state index is 14.6. The lowest BCUT2D eigenvalue weighted by Gasteiger charge is -2.31. The van der Waals surface area contributed by atoms with Gasteiger partial charge < -0.3 is 19.1 Å². The molecule has 38 heavy (non-hydrogen) atoms. The van der Waals surface area contributed by atoms with Crippen LogP contribution in [0, 0.1) is 5.82 Å². The van der Waals surface area contributed by atoms with Gasteiger partial charge in [-0.05, 0) is 39.0 Å². The normalized spacial score (nSPS) is 12.4. The lowest BCUT2D eigenvalue weighted by molar-refractivity contribution is 0.0646. The van der Waals surface area contributed by atoms with Crippen molar-refractivity contribution in [3.05, 3.63) is 59.7 Å². The zero-order chi connectivity index (χ0) is 27.4. The first kappa shape index (κ1) is 25.3. The molecule has 0 unspecified atom stereocenters. The molecule has 9 nitrogen and oxygen atoms in total. The van der Waals surface area contributed by atoms with Gasteiger partial charge in [0.05, 0.1) is 31.3 Å².